The van der Waals surface area contributed by atoms with Crippen molar-refractivity contribution in [2.24, 2.45) is 0 Å². The molecule has 0 radical (unpaired) electrons. The topological polar surface area (TPSA) is 80.6 Å². The van der Waals surface area contributed by atoms with E-state index in [0.29, 0.717) is 17.1 Å². The molecule has 0 aliphatic heterocycles. The van der Waals surface area contributed by atoms with Crippen LogP contribution in [0.5, 0.6) is 5.75 Å². The van der Waals surface area contributed by atoms with E-state index in [1.807, 2.05) is 12.1 Å². The zero-order valence-corrected chi connectivity index (χ0v) is 20.1. The second-order valence-electron chi connectivity index (χ2n) is 10.1. The molecule has 0 saturated heterocycles. The number of amides is 2. The third kappa shape index (κ3) is 6.48. The lowest BCUT2D eigenvalue weighted by molar-refractivity contribution is -0.118. The van der Waals surface area contributed by atoms with Crippen LogP contribution in [-0.2, 0) is 15.6 Å². The van der Waals surface area contributed by atoms with E-state index in [-0.39, 0.29) is 35.0 Å². The van der Waals surface area contributed by atoms with Crippen LogP contribution in [0.25, 0.3) is 0 Å². The van der Waals surface area contributed by atoms with E-state index in [2.05, 4.69) is 58.2 Å². The van der Waals surface area contributed by atoms with Gasteiger partial charge >= 0.3 is 0 Å². The van der Waals surface area contributed by atoms with Gasteiger partial charge in [-0.2, -0.15) is 0 Å². The van der Waals surface area contributed by atoms with Crippen molar-refractivity contribution in [2.75, 3.05) is 17.2 Å². The van der Waals surface area contributed by atoms with Crippen molar-refractivity contribution < 1.29 is 18.7 Å². The van der Waals surface area contributed by atoms with Gasteiger partial charge in [-0.3, -0.25) is 9.59 Å². The first-order valence-electron chi connectivity index (χ1n) is 11.0. The van der Waals surface area contributed by atoms with E-state index in [1.165, 1.54) is 11.8 Å². The van der Waals surface area contributed by atoms with Gasteiger partial charge in [-0.1, -0.05) is 59.7 Å². The molecule has 0 spiro atoms. The minimum absolute atomic E-state index is 0.0211. The number of anilines is 2. The maximum atomic E-state index is 12.6. The average Bonchev–Trinajstić information content (AvgIpc) is 3.26. The molecule has 2 aromatic carbocycles. The van der Waals surface area contributed by atoms with Crippen LogP contribution in [0.1, 0.15) is 63.2 Å². The molecular formula is C27H32N2O4. The number of rotatable bonds is 6. The fourth-order valence-corrected chi connectivity index (χ4v) is 3.32. The number of benzene rings is 2. The number of hydrogen-bond donors (Lipinski definition) is 2. The summed E-state index contributed by atoms with van der Waals surface area (Å²) in [7, 11) is 0. The normalized spacial score (nSPS) is 11.7. The smallest absolute Gasteiger partial charge is 0.291 e. The van der Waals surface area contributed by atoms with Crippen LogP contribution in [-0.4, -0.2) is 18.4 Å². The van der Waals surface area contributed by atoms with Crippen LogP contribution < -0.4 is 15.4 Å². The molecule has 0 fully saturated rings. The van der Waals surface area contributed by atoms with Crippen molar-refractivity contribution in [3.8, 4) is 5.75 Å². The number of carbonyl (C=O) groups is 2. The summed E-state index contributed by atoms with van der Waals surface area (Å²) in [5.74, 6) is 0.263. The molecule has 1 heterocycles. The third-order valence-electron chi connectivity index (χ3n) is 5.16. The first kappa shape index (κ1) is 24.1. The molecule has 0 unspecified atom stereocenters. The molecule has 3 rings (SSSR count). The van der Waals surface area contributed by atoms with Gasteiger partial charge in [0.1, 0.15) is 5.75 Å². The van der Waals surface area contributed by atoms with Crippen LogP contribution in [0.3, 0.4) is 0 Å². The van der Waals surface area contributed by atoms with Crippen molar-refractivity contribution in [3.05, 3.63) is 77.7 Å². The van der Waals surface area contributed by atoms with E-state index >= 15 is 0 Å². The van der Waals surface area contributed by atoms with Gasteiger partial charge in [-0.05, 0) is 58.4 Å². The zero-order valence-electron chi connectivity index (χ0n) is 20.1. The standard InChI is InChI=1S/C27H32N2O4/c1-26(2,3)18-12-13-22(21(15-18)27(4,5)6)33-17-24(30)28-19-9-7-10-20(16-19)29-25(31)23-11-8-14-32-23/h7-16H,17H2,1-6H3,(H,28,30)(H,29,31). The fourth-order valence-electron chi connectivity index (χ4n) is 3.32. The maximum Gasteiger partial charge on any atom is 0.291 e. The highest BCUT2D eigenvalue weighted by Gasteiger charge is 2.23. The second kappa shape index (κ2) is 9.53. The minimum Gasteiger partial charge on any atom is -0.483 e. The highest BCUT2D eigenvalue weighted by molar-refractivity contribution is 6.02. The van der Waals surface area contributed by atoms with Crippen LogP contribution in [0.4, 0.5) is 11.4 Å². The Hall–Kier alpha value is -3.54. The van der Waals surface area contributed by atoms with Crippen molar-refractivity contribution in [2.45, 2.75) is 52.4 Å². The predicted octanol–water partition coefficient (Wildman–Crippen LogP) is 6.14. The Morgan fingerprint density at radius 1 is 0.848 bits per heavy atom. The lowest BCUT2D eigenvalue weighted by Gasteiger charge is -2.27. The quantitative estimate of drug-likeness (QED) is 0.474. The van der Waals surface area contributed by atoms with E-state index < -0.39 is 0 Å². The van der Waals surface area contributed by atoms with Crippen molar-refractivity contribution in [1.29, 1.82) is 0 Å². The molecule has 174 valence electrons. The van der Waals surface area contributed by atoms with E-state index in [9.17, 15) is 9.59 Å². The Kier molecular flexibility index (Phi) is 6.96. The Morgan fingerprint density at radius 2 is 1.55 bits per heavy atom. The third-order valence-corrected chi connectivity index (χ3v) is 5.16. The molecular weight excluding hydrogens is 416 g/mol. The van der Waals surface area contributed by atoms with E-state index in [1.54, 1.807) is 36.4 Å². The first-order chi connectivity index (χ1) is 15.4. The SMILES string of the molecule is CC(C)(C)c1ccc(OCC(=O)Nc2cccc(NC(=O)c3ccco3)c2)c(C(C)(C)C)c1. The number of furan rings is 1. The van der Waals surface area contributed by atoms with Crippen LogP contribution in [0.15, 0.2) is 65.3 Å². The maximum absolute atomic E-state index is 12.6. The monoisotopic (exact) mass is 448 g/mol. The average molecular weight is 449 g/mol. The van der Waals surface area contributed by atoms with E-state index in [4.69, 9.17) is 9.15 Å². The lowest BCUT2D eigenvalue weighted by atomic mass is 9.80. The van der Waals surface area contributed by atoms with Crippen LogP contribution >= 0.6 is 0 Å². The molecule has 6 heteroatoms. The molecule has 2 N–H and O–H groups in total. The zero-order chi connectivity index (χ0) is 24.2. The van der Waals surface area contributed by atoms with Gasteiger partial charge in [-0.15, -0.1) is 0 Å². The van der Waals surface area contributed by atoms with Crippen LogP contribution in [0.2, 0.25) is 0 Å². The summed E-state index contributed by atoms with van der Waals surface area (Å²) < 4.78 is 11.0. The molecule has 33 heavy (non-hydrogen) atoms. The Labute approximate surface area is 195 Å². The van der Waals surface area contributed by atoms with Gasteiger partial charge in [0, 0.05) is 11.4 Å². The number of ether oxygens (including phenoxy) is 1. The molecule has 0 saturated carbocycles. The summed E-state index contributed by atoms with van der Waals surface area (Å²) in [6.07, 6.45) is 1.44. The van der Waals surface area contributed by atoms with Gasteiger partial charge in [0.2, 0.25) is 0 Å². The van der Waals surface area contributed by atoms with Gasteiger partial charge in [0.05, 0.1) is 6.26 Å². The summed E-state index contributed by atoms with van der Waals surface area (Å²) in [6, 6.07) is 16.3. The molecule has 3 aromatic rings. The molecule has 1 aromatic heterocycles. The number of nitrogens with one attached hydrogen (secondary N) is 2. The summed E-state index contributed by atoms with van der Waals surface area (Å²) in [4.78, 5) is 24.7. The van der Waals surface area contributed by atoms with Gasteiger partial charge in [0.15, 0.2) is 12.4 Å². The number of carbonyl (C=O) groups excluding carboxylic acids is 2. The second-order valence-corrected chi connectivity index (χ2v) is 10.1. The summed E-state index contributed by atoms with van der Waals surface area (Å²) in [5.41, 5.74) is 3.27. The van der Waals surface area contributed by atoms with Gasteiger partial charge in [-0.25, -0.2) is 0 Å². The largest absolute Gasteiger partial charge is 0.483 e. The fraction of sp³-hybridized carbons (Fsp3) is 0.333. The highest BCUT2D eigenvalue weighted by Crippen LogP contribution is 2.35. The Bertz CT molecular complexity index is 1120. The predicted molar refractivity (Wildman–Crippen MR) is 131 cm³/mol. The van der Waals surface area contributed by atoms with Crippen molar-refractivity contribution >= 4 is 23.2 Å². The lowest BCUT2D eigenvalue weighted by Crippen LogP contribution is -2.23. The molecule has 2 amide bonds. The number of hydrogen-bond acceptors (Lipinski definition) is 4. The molecule has 6 nitrogen and oxygen atoms in total. The Balaban J connectivity index is 1.65. The van der Waals surface area contributed by atoms with Crippen LogP contribution in [0, 0.1) is 0 Å². The molecule has 0 atom stereocenters. The van der Waals surface area contributed by atoms with Crippen molar-refractivity contribution in [1.82, 2.24) is 0 Å². The van der Waals surface area contributed by atoms with Gasteiger partial charge in [0.25, 0.3) is 11.8 Å². The van der Waals surface area contributed by atoms with Crippen molar-refractivity contribution in [3.63, 3.8) is 0 Å². The minimum atomic E-state index is -0.361. The molecule has 0 bridgehead atoms. The Morgan fingerprint density at radius 3 is 2.15 bits per heavy atom. The van der Waals surface area contributed by atoms with E-state index in [0.717, 1.165) is 5.56 Å². The summed E-state index contributed by atoms with van der Waals surface area (Å²) in [6.45, 7) is 12.8. The highest BCUT2D eigenvalue weighted by atomic mass is 16.5. The molecule has 0 aliphatic carbocycles. The first-order valence-corrected chi connectivity index (χ1v) is 11.0. The van der Waals surface area contributed by atoms with Gasteiger partial charge < -0.3 is 19.8 Å². The summed E-state index contributed by atoms with van der Waals surface area (Å²) in [5, 5.41) is 5.56. The summed E-state index contributed by atoms with van der Waals surface area (Å²) >= 11 is 0. The molecule has 0 aliphatic rings.